The number of aryl methyl sites for hydroxylation is 1. The molecule has 0 spiro atoms. The number of aliphatic hydroxyl groups excluding tert-OH is 1. The SMILES string of the molecule is COc1cccc(-c2ccc([C@@H]3[C@H](CO)N4CCCCN(S(=O)(=O)c5cn(C)cn5)C[C@@H]34)cc2)c1. The number of rotatable bonds is 6. The molecule has 3 heterocycles. The Labute approximate surface area is 206 Å². The normalized spacial score (nSPS) is 23.7. The molecule has 2 aromatic carbocycles. The average molecular weight is 497 g/mol. The number of methoxy groups -OCH3 is 1. The van der Waals surface area contributed by atoms with E-state index < -0.39 is 10.0 Å². The van der Waals surface area contributed by atoms with Crippen molar-refractivity contribution in [3.8, 4) is 16.9 Å². The molecule has 0 saturated carbocycles. The van der Waals surface area contributed by atoms with Crippen molar-refractivity contribution >= 4 is 10.0 Å². The second kappa shape index (κ2) is 9.73. The van der Waals surface area contributed by atoms with E-state index in [0.717, 1.165) is 41.8 Å². The lowest BCUT2D eigenvalue weighted by molar-refractivity contribution is -0.0554. The summed E-state index contributed by atoms with van der Waals surface area (Å²) < 4.78 is 35.3. The zero-order chi connectivity index (χ0) is 24.6. The molecule has 2 aliphatic rings. The molecule has 5 rings (SSSR count). The van der Waals surface area contributed by atoms with Gasteiger partial charge in [-0.3, -0.25) is 4.90 Å². The number of ether oxygens (including phenoxy) is 1. The topological polar surface area (TPSA) is 87.9 Å². The first-order chi connectivity index (χ1) is 16.9. The Bertz CT molecular complexity index is 1270. The smallest absolute Gasteiger partial charge is 0.262 e. The van der Waals surface area contributed by atoms with Crippen LogP contribution in [0.5, 0.6) is 5.75 Å². The lowest BCUT2D eigenvalue weighted by atomic mass is 9.74. The Morgan fingerprint density at radius 1 is 1.09 bits per heavy atom. The van der Waals surface area contributed by atoms with Crippen molar-refractivity contribution in [2.24, 2.45) is 7.05 Å². The van der Waals surface area contributed by atoms with Crippen molar-refractivity contribution in [2.75, 3.05) is 33.4 Å². The molecule has 8 nitrogen and oxygen atoms in total. The molecule has 2 saturated heterocycles. The van der Waals surface area contributed by atoms with Gasteiger partial charge in [0.25, 0.3) is 10.0 Å². The van der Waals surface area contributed by atoms with Gasteiger partial charge in [-0.2, -0.15) is 4.31 Å². The molecule has 3 atom stereocenters. The Balaban J connectivity index is 1.41. The summed E-state index contributed by atoms with van der Waals surface area (Å²) in [6, 6.07) is 16.3. The van der Waals surface area contributed by atoms with Gasteiger partial charge in [0.15, 0.2) is 5.03 Å². The minimum absolute atomic E-state index is 0.00797. The van der Waals surface area contributed by atoms with Crippen LogP contribution < -0.4 is 4.74 Å². The zero-order valence-corrected chi connectivity index (χ0v) is 20.9. The van der Waals surface area contributed by atoms with Gasteiger partial charge in [0.05, 0.1) is 20.0 Å². The number of aliphatic hydroxyl groups is 1. The number of fused-ring (bicyclic) bond motifs is 1. The highest BCUT2D eigenvalue weighted by molar-refractivity contribution is 7.89. The number of hydrogen-bond donors (Lipinski definition) is 1. The van der Waals surface area contributed by atoms with E-state index in [2.05, 4.69) is 34.1 Å². The van der Waals surface area contributed by atoms with Gasteiger partial charge in [-0.1, -0.05) is 36.4 Å². The van der Waals surface area contributed by atoms with Crippen LogP contribution in [0.2, 0.25) is 0 Å². The molecule has 3 aromatic rings. The predicted molar refractivity (Wildman–Crippen MR) is 134 cm³/mol. The van der Waals surface area contributed by atoms with Gasteiger partial charge in [-0.05, 0) is 48.2 Å². The first kappa shape index (κ1) is 24.0. The molecule has 35 heavy (non-hydrogen) atoms. The molecular weight excluding hydrogens is 464 g/mol. The summed E-state index contributed by atoms with van der Waals surface area (Å²) in [5.74, 6) is 0.865. The summed E-state index contributed by atoms with van der Waals surface area (Å²) in [6.07, 6.45) is 4.75. The van der Waals surface area contributed by atoms with E-state index in [1.54, 1.807) is 29.2 Å². The summed E-state index contributed by atoms with van der Waals surface area (Å²) in [6.45, 7) is 1.78. The van der Waals surface area contributed by atoms with Crippen molar-refractivity contribution in [3.05, 3.63) is 66.6 Å². The second-order valence-corrected chi connectivity index (χ2v) is 11.3. The quantitative estimate of drug-likeness (QED) is 0.565. The fourth-order valence-corrected chi connectivity index (χ4v) is 6.94. The van der Waals surface area contributed by atoms with Gasteiger partial charge >= 0.3 is 0 Å². The molecule has 0 aliphatic carbocycles. The van der Waals surface area contributed by atoms with Gasteiger partial charge in [-0.15, -0.1) is 0 Å². The van der Waals surface area contributed by atoms with Crippen LogP contribution in [0.1, 0.15) is 24.3 Å². The number of sulfonamides is 1. The van der Waals surface area contributed by atoms with Crippen LogP contribution in [0, 0.1) is 0 Å². The third kappa shape index (κ3) is 4.49. The van der Waals surface area contributed by atoms with Crippen molar-refractivity contribution in [1.29, 1.82) is 0 Å². The van der Waals surface area contributed by atoms with Gasteiger partial charge in [-0.25, -0.2) is 13.4 Å². The van der Waals surface area contributed by atoms with Crippen LogP contribution in [-0.2, 0) is 17.1 Å². The Kier molecular flexibility index (Phi) is 6.67. The van der Waals surface area contributed by atoms with E-state index in [4.69, 9.17) is 4.74 Å². The minimum atomic E-state index is -3.68. The molecule has 0 amide bonds. The Morgan fingerprint density at radius 3 is 2.54 bits per heavy atom. The Morgan fingerprint density at radius 2 is 1.86 bits per heavy atom. The number of benzene rings is 2. The van der Waals surface area contributed by atoms with E-state index in [0.29, 0.717) is 13.1 Å². The highest BCUT2D eigenvalue weighted by Gasteiger charge is 2.50. The van der Waals surface area contributed by atoms with Gasteiger partial charge in [0.2, 0.25) is 0 Å². The lowest BCUT2D eigenvalue weighted by Crippen LogP contribution is -2.67. The van der Waals surface area contributed by atoms with Crippen LogP contribution in [0.3, 0.4) is 0 Å². The fraction of sp³-hybridized carbons (Fsp3) is 0.423. The summed E-state index contributed by atoms with van der Waals surface area (Å²) >= 11 is 0. The second-order valence-electron chi connectivity index (χ2n) is 9.38. The summed E-state index contributed by atoms with van der Waals surface area (Å²) in [7, 11) is -0.255. The van der Waals surface area contributed by atoms with Crippen LogP contribution in [0.15, 0.2) is 66.1 Å². The highest BCUT2D eigenvalue weighted by Crippen LogP contribution is 2.43. The van der Waals surface area contributed by atoms with Gasteiger partial charge in [0, 0.05) is 44.3 Å². The monoisotopic (exact) mass is 496 g/mol. The maximum atomic E-state index is 13.4. The highest BCUT2D eigenvalue weighted by atomic mass is 32.2. The summed E-state index contributed by atoms with van der Waals surface area (Å²) in [5.41, 5.74) is 3.28. The van der Waals surface area contributed by atoms with E-state index >= 15 is 0 Å². The van der Waals surface area contributed by atoms with E-state index in [-0.39, 0.29) is 29.6 Å². The van der Waals surface area contributed by atoms with E-state index in [9.17, 15) is 13.5 Å². The molecule has 186 valence electrons. The van der Waals surface area contributed by atoms with E-state index in [1.165, 1.54) is 6.33 Å². The minimum Gasteiger partial charge on any atom is -0.497 e. The fourth-order valence-electron chi connectivity index (χ4n) is 5.48. The van der Waals surface area contributed by atoms with Gasteiger partial charge < -0.3 is 14.4 Å². The first-order valence-corrected chi connectivity index (χ1v) is 13.5. The van der Waals surface area contributed by atoms with E-state index in [1.807, 2.05) is 24.3 Å². The molecule has 0 unspecified atom stereocenters. The average Bonchev–Trinajstić information content (AvgIpc) is 3.30. The van der Waals surface area contributed by atoms with Crippen LogP contribution in [0.25, 0.3) is 11.1 Å². The molecular formula is C26H32N4O4S. The molecule has 9 heteroatoms. The summed E-state index contributed by atoms with van der Waals surface area (Å²) in [5, 5.41) is 10.3. The third-order valence-electron chi connectivity index (χ3n) is 7.32. The first-order valence-electron chi connectivity index (χ1n) is 12.0. The maximum absolute atomic E-state index is 13.4. The van der Waals surface area contributed by atoms with Crippen LogP contribution >= 0.6 is 0 Å². The number of hydrogen-bond acceptors (Lipinski definition) is 6. The lowest BCUT2D eigenvalue weighted by Gasteiger charge is -2.57. The summed E-state index contributed by atoms with van der Waals surface area (Å²) in [4.78, 5) is 6.39. The predicted octanol–water partition coefficient (Wildman–Crippen LogP) is 2.71. The van der Waals surface area contributed by atoms with Crippen molar-refractivity contribution in [1.82, 2.24) is 18.8 Å². The van der Waals surface area contributed by atoms with Crippen molar-refractivity contribution in [2.45, 2.75) is 35.9 Å². The molecule has 1 N–H and O–H groups in total. The molecule has 0 radical (unpaired) electrons. The number of nitrogens with zero attached hydrogens (tertiary/aromatic N) is 4. The third-order valence-corrected chi connectivity index (χ3v) is 9.07. The van der Waals surface area contributed by atoms with Crippen molar-refractivity contribution < 1.29 is 18.3 Å². The standard InChI is InChI=1S/C26H32N4O4S/c1-28-16-25(27-18-28)35(32,33)29-12-3-4-13-30-23(15-29)26(24(30)17-31)20-10-8-19(9-11-20)21-6-5-7-22(14-21)34-2/h5-11,14,16,18,23-24,26,31H,3-4,12-13,15,17H2,1-2H3/t23-,24-,26-/m0/s1. The number of aromatic nitrogens is 2. The molecule has 1 aromatic heterocycles. The van der Waals surface area contributed by atoms with Gasteiger partial charge in [0.1, 0.15) is 5.75 Å². The van der Waals surface area contributed by atoms with Crippen LogP contribution in [-0.4, -0.2) is 77.7 Å². The number of imidazole rings is 1. The molecule has 2 aliphatic heterocycles. The zero-order valence-electron chi connectivity index (χ0n) is 20.1. The maximum Gasteiger partial charge on any atom is 0.262 e. The molecule has 0 bridgehead atoms. The largest absolute Gasteiger partial charge is 0.497 e. The van der Waals surface area contributed by atoms with Crippen LogP contribution in [0.4, 0.5) is 0 Å². The Hall–Kier alpha value is -2.72. The molecule has 2 fully saturated rings. The van der Waals surface area contributed by atoms with Crippen molar-refractivity contribution in [3.63, 3.8) is 0 Å².